The smallest absolute Gasteiger partial charge is 0.408 e. The highest BCUT2D eigenvalue weighted by atomic mass is 35.5. The van der Waals surface area contributed by atoms with Crippen molar-refractivity contribution in [2.75, 3.05) is 17.7 Å². The number of benzene rings is 4. The average molecular weight is 931 g/mol. The molecule has 0 bridgehead atoms. The second kappa shape index (κ2) is 23.2. The number of carbonyl (C=O) groups is 6. The van der Waals surface area contributed by atoms with Crippen molar-refractivity contribution in [2.24, 2.45) is 5.92 Å². The SMILES string of the molecule is CC(C)(C)OC(=O)N[C@@H](Cc1ccc(NC(=O)c2c(Cl)cccc2Cl)cc1)C(=O)O.COC(=O)[C@H](Cc1ccc(NC(=O)c2c(Cl)cccc2Cl)cc1)NC(=O)C1CCCCC1. The van der Waals surface area contributed by atoms with E-state index in [-0.39, 0.29) is 55.9 Å². The maximum Gasteiger partial charge on any atom is 0.408 e. The third kappa shape index (κ3) is 15.2. The van der Waals surface area contributed by atoms with Crippen LogP contribution in [0.25, 0.3) is 0 Å². The molecule has 17 heteroatoms. The average Bonchev–Trinajstić information content (AvgIpc) is 3.21. The molecule has 4 amide bonds. The molecule has 2 atom stereocenters. The first kappa shape index (κ1) is 49.3. The summed E-state index contributed by atoms with van der Waals surface area (Å²) in [7, 11) is 1.31. The lowest BCUT2D eigenvalue weighted by molar-refractivity contribution is -0.145. The number of aliphatic carboxylic acids is 1. The summed E-state index contributed by atoms with van der Waals surface area (Å²) < 4.78 is 9.98. The molecule has 0 aliphatic heterocycles. The number of hydrogen-bond donors (Lipinski definition) is 5. The molecule has 330 valence electrons. The zero-order chi connectivity index (χ0) is 45.6. The second-order valence-corrected chi connectivity index (χ2v) is 17.0. The Hall–Kier alpha value is -5.34. The minimum absolute atomic E-state index is 0.0408. The highest BCUT2D eigenvalue weighted by Crippen LogP contribution is 2.28. The Morgan fingerprint density at radius 3 is 1.45 bits per heavy atom. The molecule has 62 heavy (non-hydrogen) atoms. The normalized spacial score (nSPS) is 13.5. The number of carboxylic acids is 1. The minimum atomic E-state index is -1.19. The van der Waals surface area contributed by atoms with Crippen LogP contribution in [0.5, 0.6) is 0 Å². The Balaban J connectivity index is 0.000000273. The molecule has 0 radical (unpaired) electrons. The van der Waals surface area contributed by atoms with Gasteiger partial charge in [-0.2, -0.15) is 0 Å². The van der Waals surface area contributed by atoms with Crippen LogP contribution in [0.1, 0.15) is 84.7 Å². The van der Waals surface area contributed by atoms with Gasteiger partial charge in [-0.15, -0.1) is 0 Å². The quantitative estimate of drug-likeness (QED) is 0.0813. The number of anilines is 2. The fourth-order valence-electron chi connectivity index (χ4n) is 6.38. The van der Waals surface area contributed by atoms with Gasteiger partial charge in [0, 0.05) is 30.1 Å². The lowest BCUT2D eigenvalue weighted by Gasteiger charge is -2.24. The molecule has 13 nitrogen and oxygen atoms in total. The van der Waals surface area contributed by atoms with E-state index in [4.69, 9.17) is 55.9 Å². The molecular weight excluding hydrogens is 882 g/mol. The van der Waals surface area contributed by atoms with Gasteiger partial charge in [0.25, 0.3) is 11.8 Å². The summed E-state index contributed by atoms with van der Waals surface area (Å²) in [5.41, 5.74) is 2.12. The molecule has 0 spiro atoms. The predicted octanol–water partition coefficient (Wildman–Crippen LogP) is 9.79. The van der Waals surface area contributed by atoms with Crippen molar-refractivity contribution in [1.82, 2.24) is 10.6 Å². The fraction of sp³-hybridized carbons (Fsp3) is 0.333. The van der Waals surface area contributed by atoms with Crippen LogP contribution in [0.2, 0.25) is 20.1 Å². The molecule has 5 rings (SSSR count). The van der Waals surface area contributed by atoms with Gasteiger partial charge < -0.3 is 35.8 Å². The minimum Gasteiger partial charge on any atom is -0.480 e. The number of carboxylic acid groups (broad SMARTS) is 1. The molecule has 4 aromatic carbocycles. The lowest BCUT2D eigenvalue weighted by Crippen LogP contribution is -2.45. The number of hydrogen-bond acceptors (Lipinski definition) is 8. The molecule has 0 heterocycles. The largest absolute Gasteiger partial charge is 0.480 e. The fourth-order valence-corrected chi connectivity index (χ4v) is 7.51. The van der Waals surface area contributed by atoms with E-state index in [9.17, 15) is 33.9 Å². The monoisotopic (exact) mass is 928 g/mol. The summed E-state index contributed by atoms with van der Waals surface area (Å²) in [5, 5.41) is 21.0. The van der Waals surface area contributed by atoms with Crippen LogP contribution in [-0.4, -0.2) is 65.7 Å². The molecule has 5 N–H and O–H groups in total. The topological polar surface area (TPSA) is 189 Å². The Kier molecular flexibility index (Phi) is 18.5. The number of ether oxygens (including phenoxy) is 2. The van der Waals surface area contributed by atoms with Gasteiger partial charge >= 0.3 is 18.0 Å². The predicted molar refractivity (Wildman–Crippen MR) is 240 cm³/mol. The van der Waals surface area contributed by atoms with Crippen LogP contribution in [0.15, 0.2) is 84.9 Å². The van der Waals surface area contributed by atoms with E-state index in [0.29, 0.717) is 16.9 Å². The van der Waals surface area contributed by atoms with E-state index in [2.05, 4.69) is 21.3 Å². The highest BCUT2D eigenvalue weighted by molar-refractivity contribution is 6.41. The van der Waals surface area contributed by atoms with Gasteiger partial charge in [-0.05, 0) is 93.3 Å². The Morgan fingerprint density at radius 2 is 1.06 bits per heavy atom. The zero-order valence-corrected chi connectivity index (χ0v) is 37.5. The molecule has 0 unspecified atom stereocenters. The van der Waals surface area contributed by atoms with E-state index in [1.807, 2.05) is 0 Å². The van der Waals surface area contributed by atoms with Crippen LogP contribution < -0.4 is 21.3 Å². The maximum atomic E-state index is 12.6. The van der Waals surface area contributed by atoms with Crippen LogP contribution in [-0.2, 0) is 36.7 Å². The summed E-state index contributed by atoms with van der Waals surface area (Å²) in [6, 6.07) is 21.2. The molecule has 4 aromatic rings. The van der Waals surface area contributed by atoms with Gasteiger partial charge in [0.15, 0.2) is 0 Å². The van der Waals surface area contributed by atoms with Gasteiger partial charge in [0.05, 0.1) is 38.3 Å². The third-order valence-electron chi connectivity index (χ3n) is 9.45. The number of methoxy groups -OCH3 is 1. The first-order valence-corrected chi connectivity index (χ1v) is 21.2. The van der Waals surface area contributed by atoms with Gasteiger partial charge in [0.1, 0.15) is 17.7 Å². The Bertz CT molecular complexity index is 2190. The Morgan fingerprint density at radius 1 is 0.645 bits per heavy atom. The van der Waals surface area contributed by atoms with Crippen LogP contribution >= 0.6 is 46.4 Å². The summed E-state index contributed by atoms with van der Waals surface area (Å²) in [6.07, 6.45) is 4.44. The summed E-state index contributed by atoms with van der Waals surface area (Å²) >= 11 is 24.3. The van der Waals surface area contributed by atoms with Crippen molar-refractivity contribution in [3.8, 4) is 0 Å². The summed E-state index contributed by atoms with van der Waals surface area (Å²) in [6.45, 7) is 5.06. The number of esters is 1. The van der Waals surface area contributed by atoms with Gasteiger partial charge in [0.2, 0.25) is 5.91 Å². The second-order valence-electron chi connectivity index (χ2n) is 15.4. The van der Waals surface area contributed by atoms with Gasteiger partial charge in [-0.1, -0.05) is 102 Å². The number of amides is 4. The van der Waals surface area contributed by atoms with Crippen LogP contribution in [0, 0.1) is 5.92 Å². The van der Waals surface area contributed by atoms with E-state index in [1.165, 1.54) is 7.11 Å². The number of rotatable bonds is 13. The number of alkyl carbamates (subject to hydrolysis) is 1. The van der Waals surface area contributed by atoms with Crippen molar-refractivity contribution in [2.45, 2.75) is 83.4 Å². The van der Waals surface area contributed by atoms with Crippen molar-refractivity contribution < 1.29 is 43.3 Å². The van der Waals surface area contributed by atoms with Crippen molar-refractivity contribution >= 4 is 93.5 Å². The third-order valence-corrected chi connectivity index (χ3v) is 10.7. The molecule has 1 aliphatic carbocycles. The Labute approximate surface area is 380 Å². The van der Waals surface area contributed by atoms with E-state index >= 15 is 0 Å². The highest BCUT2D eigenvalue weighted by Gasteiger charge is 2.28. The van der Waals surface area contributed by atoms with Gasteiger partial charge in [-0.25, -0.2) is 14.4 Å². The van der Waals surface area contributed by atoms with E-state index in [0.717, 1.165) is 37.7 Å². The van der Waals surface area contributed by atoms with Gasteiger partial charge in [-0.3, -0.25) is 14.4 Å². The molecule has 0 saturated heterocycles. The van der Waals surface area contributed by atoms with Crippen molar-refractivity contribution in [3.05, 3.63) is 127 Å². The standard InChI is InChI=1S/C24H26Cl2N2O4.C21H22Cl2N2O5/c1-32-24(31)20(28-22(29)16-6-3-2-4-7-16)14-15-10-12-17(13-11-15)27-23(30)21-18(25)8-5-9-19(21)26;1-21(2,3)30-20(29)25-16(19(27)28)11-12-7-9-13(10-8-12)24-18(26)17-14(22)5-4-6-15(17)23/h5,8-13,16,20H,2-4,6-7,14H2,1H3,(H,27,30)(H,28,29);4-10,16H,11H2,1-3H3,(H,24,26)(H,25,29)(H,27,28)/t20-;16-/m00/s1. The first-order valence-electron chi connectivity index (χ1n) is 19.6. The lowest BCUT2D eigenvalue weighted by atomic mass is 9.88. The van der Waals surface area contributed by atoms with Crippen LogP contribution in [0.4, 0.5) is 16.2 Å². The number of nitrogens with one attached hydrogen (secondary N) is 4. The first-order chi connectivity index (χ1) is 29.3. The maximum absolute atomic E-state index is 12.6. The van der Waals surface area contributed by atoms with Crippen molar-refractivity contribution in [1.29, 1.82) is 0 Å². The zero-order valence-electron chi connectivity index (χ0n) is 34.5. The summed E-state index contributed by atoms with van der Waals surface area (Å²) in [5.74, 6) is -2.70. The summed E-state index contributed by atoms with van der Waals surface area (Å²) in [4.78, 5) is 73.1. The molecule has 1 aliphatic rings. The van der Waals surface area contributed by atoms with E-state index < -0.39 is 47.5 Å². The van der Waals surface area contributed by atoms with E-state index in [1.54, 1.807) is 106 Å². The van der Waals surface area contributed by atoms with Crippen LogP contribution in [0.3, 0.4) is 0 Å². The number of halogens is 4. The molecule has 1 fully saturated rings. The number of carbonyl (C=O) groups excluding carboxylic acids is 5. The molecule has 0 aromatic heterocycles. The molecular formula is C45H48Cl4N4O9. The molecule has 1 saturated carbocycles. The van der Waals surface area contributed by atoms with Crippen molar-refractivity contribution in [3.63, 3.8) is 0 Å².